The molecule has 1 nitrogen and oxygen atoms in total. The van der Waals surface area contributed by atoms with Crippen LogP contribution in [0.4, 0.5) is 17.6 Å². The van der Waals surface area contributed by atoms with E-state index in [9.17, 15) is 22.4 Å². The molecule has 1 aromatic carbocycles. The van der Waals surface area contributed by atoms with Crippen LogP contribution < -0.4 is 0 Å². The maximum absolute atomic E-state index is 13.1. The van der Waals surface area contributed by atoms with E-state index in [1.165, 1.54) is 0 Å². The lowest BCUT2D eigenvalue weighted by Gasteiger charge is -2.13. The molecule has 0 aromatic heterocycles. The maximum atomic E-state index is 13.1. The lowest BCUT2D eigenvalue weighted by Crippen LogP contribution is -2.15. The van der Waals surface area contributed by atoms with E-state index in [4.69, 9.17) is 0 Å². The number of carbonyl (C=O) groups is 1. The second-order valence-corrected chi connectivity index (χ2v) is 4.10. The first-order valence-corrected chi connectivity index (χ1v) is 5.71. The molecule has 0 aliphatic carbocycles. The van der Waals surface area contributed by atoms with E-state index in [1.54, 1.807) is 13.8 Å². The Morgan fingerprint density at radius 3 is 2.17 bits per heavy atom. The third-order valence-electron chi connectivity index (χ3n) is 2.87. The Morgan fingerprint density at radius 2 is 1.72 bits per heavy atom. The summed E-state index contributed by atoms with van der Waals surface area (Å²) < 4.78 is 50.6. The highest BCUT2D eigenvalue weighted by Gasteiger charge is 2.32. The molecule has 0 aliphatic heterocycles. The first-order valence-electron chi connectivity index (χ1n) is 5.71. The van der Waals surface area contributed by atoms with Gasteiger partial charge in [-0.05, 0) is 31.0 Å². The van der Waals surface area contributed by atoms with Gasteiger partial charge in [0.1, 0.15) is 5.82 Å². The molecule has 100 valence electrons. The monoisotopic (exact) mass is 262 g/mol. The molecule has 0 fully saturated rings. The molecule has 0 radical (unpaired) electrons. The van der Waals surface area contributed by atoms with Crippen molar-refractivity contribution in [3.63, 3.8) is 0 Å². The molecule has 0 N–H and O–H groups in total. The molecule has 0 atom stereocenters. The van der Waals surface area contributed by atoms with E-state index < -0.39 is 23.3 Å². The number of Topliss-reactive ketones (excluding diaryl/α,β-unsaturated/α-hetero) is 1. The fourth-order valence-electron chi connectivity index (χ4n) is 1.79. The van der Waals surface area contributed by atoms with Crippen LogP contribution in [-0.4, -0.2) is 5.78 Å². The largest absolute Gasteiger partial charge is 0.416 e. The summed E-state index contributed by atoms with van der Waals surface area (Å²) in [4.78, 5) is 11.9. The van der Waals surface area contributed by atoms with E-state index in [2.05, 4.69) is 0 Å². The normalized spacial score (nSPS) is 11.9. The summed E-state index contributed by atoms with van der Waals surface area (Å²) in [6, 6.07) is 1.96. The highest BCUT2D eigenvalue weighted by atomic mass is 19.4. The molecule has 0 saturated carbocycles. The van der Waals surface area contributed by atoms with Crippen molar-refractivity contribution in [3.05, 3.63) is 35.1 Å². The number of ketones is 1. The van der Waals surface area contributed by atoms with Crippen LogP contribution in [0, 0.1) is 11.7 Å². The van der Waals surface area contributed by atoms with Crippen molar-refractivity contribution in [3.8, 4) is 0 Å². The van der Waals surface area contributed by atoms with Crippen molar-refractivity contribution >= 4 is 5.78 Å². The number of rotatable bonds is 4. The number of alkyl halides is 3. The van der Waals surface area contributed by atoms with Crippen LogP contribution in [0.2, 0.25) is 0 Å². The highest BCUT2D eigenvalue weighted by molar-refractivity contribution is 5.98. The van der Waals surface area contributed by atoms with E-state index in [0.717, 1.165) is 6.07 Å². The van der Waals surface area contributed by atoms with Gasteiger partial charge in [0.15, 0.2) is 5.78 Å². The Morgan fingerprint density at radius 1 is 1.17 bits per heavy atom. The van der Waals surface area contributed by atoms with Gasteiger partial charge in [-0.15, -0.1) is 0 Å². The second-order valence-electron chi connectivity index (χ2n) is 4.10. The van der Waals surface area contributed by atoms with Crippen LogP contribution in [0.25, 0.3) is 0 Å². The number of hydrogen-bond donors (Lipinski definition) is 0. The fraction of sp³-hybridized carbons (Fsp3) is 0.462. The summed E-state index contributed by atoms with van der Waals surface area (Å²) in [6.45, 7) is 3.55. The molecule has 0 bridgehead atoms. The van der Waals surface area contributed by atoms with Gasteiger partial charge in [0.2, 0.25) is 0 Å². The van der Waals surface area contributed by atoms with Crippen molar-refractivity contribution in [1.82, 2.24) is 0 Å². The average Bonchev–Trinajstić information content (AvgIpc) is 2.28. The predicted molar refractivity (Wildman–Crippen MR) is 59.8 cm³/mol. The molecule has 1 aromatic rings. The predicted octanol–water partition coefficient (Wildman–Crippen LogP) is 4.46. The molecular formula is C13H14F4O. The van der Waals surface area contributed by atoms with Crippen molar-refractivity contribution in [2.24, 2.45) is 5.92 Å². The molecule has 5 heteroatoms. The van der Waals surface area contributed by atoms with Crippen LogP contribution in [0.15, 0.2) is 18.2 Å². The van der Waals surface area contributed by atoms with Crippen LogP contribution in [0.3, 0.4) is 0 Å². The fourth-order valence-corrected chi connectivity index (χ4v) is 1.79. The molecule has 0 aliphatic rings. The molecule has 0 saturated heterocycles. The van der Waals surface area contributed by atoms with Crippen LogP contribution >= 0.6 is 0 Å². The van der Waals surface area contributed by atoms with Gasteiger partial charge in [0, 0.05) is 11.5 Å². The Hall–Kier alpha value is -1.39. The van der Waals surface area contributed by atoms with Crippen molar-refractivity contribution < 1.29 is 22.4 Å². The van der Waals surface area contributed by atoms with E-state index in [1.807, 2.05) is 0 Å². The molecular weight excluding hydrogens is 248 g/mol. The third-order valence-corrected chi connectivity index (χ3v) is 2.87. The maximum Gasteiger partial charge on any atom is 0.416 e. The standard InChI is InChI=1S/C13H14F4O/c1-3-8(4-2)12(18)9-5-10(13(15,16)17)7-11(14)6-9/h5-8H,3-4H2,1-2H3. The van der Waals surface area contributed by atoms with Crippen molar-refractivity contribution in [2.45, 2.75) is 32.9 Å². The number of halogens is 4. The highest BCUT2D eigenvalue weighted by Crippen LogP contribution is 2.31. The number of benzene rings is 1. The summed E-state index contributed by atoms with van der Waals surface area (Å²) >= 11 is 0. The van der Waals surface area contributed by atoms with Crippen LogP contribution in [0.5, 0.6) is 0 Å². The minimum Gasteiger partial charge on any atom is -0.294 e. The first-order chi connectivity index (χ1) is 8.29. The van der Waals surface area contributed by atoms with Crippen LogP contribution in [0.1, 0.15) is 42.6 Å². The van der Waals surface area contributed by atoms with Gasteiger partial charge >= 0.3 is 6.18 Å². The second kappa shape index (κ2) is 5.50. The van der Waals surface area contributed by atoms with E-state index in [0.29, 0.717) is 25.0 Å². The van der Waals surface area contributed by atoms with Crippen molar-refractivity contribution in [1.29, 1.82) is 0 Å². The molecule has 1 rings (SSSR count). The average molecular weight is 262 g/mol. The third kappa shape index (κ3) is 3.31. The number of carbonyl (C=O) groups excluding carboxylic acids is 1. The smallest absolute Gasteiger partial charge is 0.294 e. The van der Waals surface area contributed by atoms with Gasteiger partial charge in [0.25, 0.3) is 0 Å². The van der Waals surface area contributed by atoms with Gasteiger partial charge in [-0.2, -0.15) is 13.2 Å². The van der Waals surface area contributed by atoms with Gasteiger partial charge < -0.3 is 0 Å². The minimum absolute atomic E-state index is 0.212. The summed E-state index contributed by atoms with van der Waals surface area (Å²) in [6.07, 6.45) is -3.61. The quantitative estimate of drug-likeness (QED) is 0.578. The summed E-state index contributed by atoms with van der Waals surface area (Å²) in [5, 5.41) is 0. The minimum atomic E-state index is -4.65. The zero-order valence-electron chi connectivity index (χ0n) is 10.1. The Balaban J connectivity index is 3.18. The molecule has 0 amide bonds. The summed E-state index contributed by atoms with van der Waals surface area (Å²) in [5.74, 6) is -1.85. The summed E-state index contributed by atoms with van der Waals surface area (Å²) in [7, 11) is 0. The Labute approximate surface area is 103 Å². The SMILES string of the molecule is CCC(CC)C(=O)c1cc(F)cc(C(F)(F)F)c1. The lowest BCUT2D eigenvalue weighted by atomic mass is 9.92. The Bertz CT molecular complexity index is 433. The van der Waals surface area contributed by atoms with Crippen molar-refractivity contribution in [2.75, 3.05) is 0 Å². The van der Waals surface area contributed by atoms with E-state index >= 15 is 0 Å². The topological polar surface area (TPSA) is 17.1 Å². The van der Waals surface area contributed by atoms with Gasteiger partial charge in [-0.25, -0.2) is 4.39 Å². The van der Waals surface area contributed by atoms with Gasteiger partial charge in [-0.3, -0.25) is 4.79 Å². The van der Waals surface area contributed by atoms with Gasteiger partial charge in [-0.1, -0.05) is 13.8 Å². The van der Waals surface area contributed by atoms with E-state index in [-0.39, 0.29) is 11.5 Å². The van der Waals surface area contributed by atoms with Crippen LogP contribution in [-0.2, 0) is 6.18 Å². The molecule has 0 spiro atoms. The zero-order chi connectivity index (χ0) is 13.9. The number of hydrogen-bond acceptors (Lipinski definition) is 1. The van der Waals surface area contributed by atoms with Gasteiger partial charge in [0.05, 0.1) is 5.56 Å². The summed E-state index contributed by atoms with van der Waals surface area (Å²) in [5.41, 5.74) is -1.34. The molecule has 18 heavy (non-hydrogen) atoms. The lowest BCUT2D eigenvalue weighted by molar-refractivity contribution is -0.137. The Kier molecular flexibility index (Phi) is 4.48. The first kappa shape index (κ1) is 14.7. The molecule has 0 heterocycles. The zero-order valence-corrected chi connectivity index (χ0v) is 10.1. The molecule has 0 unspecified atom stereocenters.